The van der Waals surface area contributed by atoms with E-state index in [-0.39, 0.29) is 5.84 Å². The molecule has 1 rings (SSSR count). The van der Waals surface area contributed by atoms with Crippen molar-refractivity contribution in [3.05, 3.63) is 35.4 Å². The first-order valence-corrected chi connectivity index (χ1v) is 4.01. The van der Waals surface area contributed by atoms with Crippen molar-refractivity contribution in [2.75, 3.05) is 6.54 Å². The maximum atomic E-state index is 11.6. The van der Waals surface area contributed by atoms with Gasteiger partial charge in [-0.3, -0.25) is 5.41 Å². The first-order chi connectivity index (χ1) is 6.24. The van der Waals surface area contributed by atoms with E-state index in [0.29, 0.717) is 18.5 Å². The summed E-state index contributed by atoms with van der Waals surface area (Å²) in [7, 11) is 0. The van der Waals surface area contributed by atoms with Gasteiger partial charge in [0.2, 0.25) is 0 Å². The van der Waals surface area contributed by atoms with E-state index in [1.165, 1.54) is 0 Å². The van der Waals surface area contributed by atoms with Gasteiger partial charge in [0, 0.05) is 12.1 Å². The second kappa shape index (κ2) is 4.57. The van der Waals surface area contributed by atoms with Crippen LogP contribution in [0.2, 0.25) is 0 Å². The molecule has 0 aromatic heterocycles. The molecule has 0 bridgehead atoms. The number of rotatable bonds is 4. The number of hydrogen-bond donors (Lipinski definition) is 3. The Morgan fingerprint density at radius 1 is 1.38 bits per heavy atom. The number of nitrogen functional groups attached to an aromatic ring is 1. The molecule has 0 aliphatic carbocycles. The van der Waals surface area contributed by atoms with Crippen molar-refractivity contribution in [3.63, 3.8) is 0 Å². The zero-order valence-corrected chi connectivity index (χ0v) is 7.18. The fourth-order valence-electron chi connectivity index (χ4n) is 1.04. The summed E-state index contributed by atoms with van der Waals surface area (Å²) in [6.45, 7) is 0.305. The molecule has 70 valence electrons. The lowest BCUT2D eigenvalue weighted by molar-refractivity contribution is 0.337. The largest absolute Gasteiger partial charge is 0.384 e. The van der Waals surface area contributed by atoms with E-state index >= 15 is 0 Å². The van der Waals surface area contributed by atoms with Crippen LogP contribution in [-0.4, -0.2) is 12.4 Å². The number of amidine groups is 1. The van der Waals surface area contributed by atoms with Crippen LogP contribution in [0.1, 0.15) is 11.1 Å². The summed E-state index contributed by atoms with van der Waals surface area (Å²) in [6.07, 6.45) is 0.634. The first-order valence-electron chi connectivity index (χ1n) is 4.01. The van der Waals surface area contributed by atoms with Gasteiger partial charge in [-0.15, -0.1) is 4.48 Å². The molecule has 0 atom stereocenters. The van der Waals surface area contributed by atoms with Gasteiger partial charge in [-0.25, -0.2) is 0 Å². The van der Waals surface area contributed by atoms with E-state index in [9.17, 15) is 4.48 Å². The van der Waals surface area contributed by atoms with Gasteiger partial charge in [0.05, 0.1) is 0 Å². The molecule has 0 aliphatic heterocycles. The lowest BCUT2D eigenvalue weighted by Crippen LogP contribution is -2.11. The Kier molecular flexibility index (Phi) is 3.40. The highest BCUT2D eigenvalue weighted by molar-refractivity contribution is 5.94. The van der Waals surface area contributed by atoms with Crippen molar-refractivity contribution in [1.29, 1.82) is 5.41 Å². The minimum absolute atomic E-state index is 0.0511. The topological polar surface area (TPSA) is 61.9 Å². The molecule has 1 aromatic carbocycles. The summed E-state index contributed by atoms with van der Waals surface area (Å²) in [6, 6.07) is 7.20. The second-order valence-electron chi connectivity index (χ2n) is 2.74. The Labute approximate surface area is 76.2 Å². The number of hydrogen-bond acceptors (Lipinski definition) is 2. The molecule has 0 amide bonds. The standard InChI is InChI=1S/C9H12FN3/c10-13-6-5-7-1-3-8(4-2-7)9(11)12/h1-4,13H,5-6H2,(H3,11,12). The number of nitrogens with two attached hydrogens (primary N) is 1. The average molecular weight is 181 g/mol. The molecule has 0 unspecified atom stereocenters. The lowest BCUT2D eigenvalue weighted by atomic mass is 10.1. The molecule has 0 spiro atoms. The summed E-state index contributed by atoms with van der Waals surface area (Å²) >= 11 is 0. The average Bonchev–Trinajstić information content (AvgIpc) is 2.15. The Bertz CT molecular complexity index is 281. The summed E-state index contributed by atoms with van der Waals surface area (Å²) in [5.41, 5.74) is 8.58. The van der Waals surface area contributed by atoms with Crippen molar-refractivity contribution in [2.45, 2.75) is 6.42 Å². The van der Waals surface area contributed by atoms with Gasteiger partial charge in [0.25, 0.3) is 0 Å². The molecule has 0 fully saturated rings. The molecular formula is C9H12FN3. The molecule has 0 radical (unpaired) electrons. The molecule has 0 aliphatic rings. The summed E-state index contributed by atoms with van der Waals surface area (Å²) in [5, 5.41) is 7.15. The highest BCUT2D eigenvalue weighted by atomic mass is 19.2. The SMILES string of the molecule is N=C(N)c1ccc(CCNF)cc1. The van der Waals surface area contributed by atoms with Gasteiger partial charge in [-0.05, 0) is 12.0 Å². The zero-order valence-electron chi connectivity index (χ0n) is 7.18. The van der Waals surface area contributed by atoms with Crippen LogP contribution >= 0.6 is 0 Å². The highest BCUT2D eigenvalue weighted by Crippen LogP contribution is 2.03. The molecule has 3 nitrogen and oxygen atoms in total. The number of benzene rings is 1. The first kappa shape index (κ1) is 9.67. The molecule has 0 saturated carbocycles. The Hall–Kier alpha value is -1.42. The van der Waals surface area contributed by atoms with Crippen molar-refractivity contribution < 1.29 is 4.48 Å². The molecule has 1 aromatic rings. The maximum absolute atomic E-state index is 11.6. The zero-order chi connectivity index (χ0) is 9.68. The third kappa shape index (κ3) is 2.83. The van der Waals surface area contributed by atoms with Gasteiger partial charge in [-0.1, -0.05) is 24.3 Å². The molecular weight excluding hydrogens is 169 g/mol. The predicted molar refractivity (Wildman–Crippen MR) is 50.3 cm³/mol. The van der Waals surface area contributed by atoms with Crippen molar-refractivity contribution >= 4 is 5.84 Å². The third-order valence-corrected chi connectivity index (χ3v) is 1.77. The lowest BCUT2D eigenvalue weighted by Gasteiger charge is -2.01. The van der Waals surface area contributed by atoms with Crippen LogP contribution in [0.15, 0.2) is 24.3 Å². The second-order valence-corrected chi connectivity index (χ2v) is 2.74. The molecule has 0 heterocycles. The molecule has 4 heteroatoms. The molecule has 0 saturated heterocycles. The minimum atomic E-state index is 0.0511. The summed E-state index contributed by atoms with van der Waals surface area (Å²) in [4.78, 5) is 0. The summed E-state index contributed by atoms with van der Waals surface area (Å²) in [5.74, 6) is 0.0511. The van der Waals surface area contributed by atoms with Gasteiger partial charge in [0.1, 0.15) is 5.84 Å². The normalized spacial score (nSPS) is 9.92. The van der Waals surface area contributed by atoms with E-state index in [2.05, 4.69) is 0 Å². The van der Waals surface area contributed by atoms with Crippen LogP contribution in [-0.2, 0) is 6.42 Å². The Morgan fingerprint density at radius 3 is 2.46 bits per heavy atom. The minimum Gasteiger partial charge on any atom is -0.384 e. The maximum Gasteiger partial charge on any atom is 0.122 e. The van der Waals surface area contributed by atoms with Crippen LogP contribution in [0, 0.1) is 5.41 Å². The third-order valence-electron chi connectivity index (χ3n) is 1.77. The van der Waals surface area contributed by atoms with E-state index in [0.717, 1.165) is 5.56 Å². The van der Waals surface area contributed by atoms with E-state index < -0.39 is 0 Å². The number of halogens is 1. The van der Waals surface area contributed by atoms with Gasteiger partial charge < -0.3 is 5.73 Å². The molecule has 4 N–H and O–H groups in total. The quantitative estimate of drug-likeness (QED) is 0.368. The Morgan fingerprint density at radius 2 is 2.00 bits per heavy atom. The van der Waals surface area contributed by atoms with Crippen molar-refractivity contribution in [1.82, 2.24) is 5.54 Å². The van der Waals surface area contributed by atoms with Crippen LogP contribution in [0.5, 0.6) is 0 Å². The van der Waals surface area contributed by atoms with Crippen molar-refractivity contribution in [2.24, 2.45) is 5.73 Å². The van der Waals surface area contributed by atoms with E-state index in [1.807, 2.05) is 12.1 Å². The van der Waals surface area contributed by atoms with E-state index in [4.69, 9.17) is 11.1 Å². The van der Waals surface area contributed by atoms with Crippen LogP contribution in [0.3, 0.4) is 0 Å². The van der Waals surface area contributed by atoms with Gasteiger partial charge >= 0.3 is 0 Å². The van der Waals surface area contributed by atoms with E-state index in [1.54, 1.807) is 17.7 Å². The molecule has 13 heavy (non-hydrogen) atoms. The summed E-state index contributed by atoms with van der Waals surface area (Å²) < 4.78 is 11.6. The fourth-order valence-corrected chi connectivity index (χ4v) is 1.04. The fraction of sp³-hybridized carbons (Fsp3) is 0.222. The highest BCUT2D eigenvalue weighted by Gasteiger charge is 1.96. The van der Waals surface area contributed by atoms with Gasteiger partial charge in [0.15, 0.2) is 0 Å². The van der Waals surface area contributed by atoms with Crippen molar-refractivity contribution in [3.8, 4) is 0 Å². The van der Waals surface area contributed by atoms with Crippen LogP contribution < -0.4 is 11.3 Å². The Balaban J connectivity index is 2.64. The van der Waals surface area contributed by atoms with Crippen LogP contribution in [0.25, 0.3) is 0 Å². The smallest absolute Gasteiger partial charge is 0.122 e. The monoisotopic (exact) mass is 181 g/mol. The van der Waals surface area contributed by atoms with Crippen LogP contribution in [0.4, 0.5) is 4.48 Å². The van der Waals surface area contributed by atoms with Gasteiger partial charge in [-0.2, -0.15) is 5.54 Å². The predicted octanol–water partition coefficient (Wildman–Crippen LogP) is 0.987. The number of nitrogens with one attached hydrogen (secondary N) is 2.